The molecular formula is C8H9N3O. The Hall–Kier alpha value is -1.50. The number of nitrogen functional groups attached to an aromatic ring is 1. The second-order valence-corrected chi connectivity index (χ2v) is 3.08. The van der Waals surface area contributed by atoms with E-state index in [1.807, 2.05) is 6.07 Å². The van der Waals surface area contributed by atoms with Crippen molar-refractivity contribution in [3.8, 4) is 6.07 Å². The summed E-state index contributed by atoms with van der Waals surface area (Å²) in [4.78, 5) is 3.96. The lowest BCUT2D eigenvalue weighted by Gasteiger charge is -1.87. The number of nitrogens with two attached hydrogens (primary N) is 1. The van der Waals surface area contributed by atoms with Crippen LogP contribution < -0.4 is 5.73 Å². The van der Waals surface area contributed by atoms with Gasteiger partial charge in [-0.25, -0.2) is 4.98 Å². The van der Waals surface area contributed by atoms with Gasteiger partial charge in [-0.3, -0.25) is 0 Å². The van der Waals surface area contributed by atoms with Crippen LogP contribution in [0.3, 0.4) is 0 Å². The van der Waals surface area contributed by atoms with Crippen LogP contribution in [0.4, 0.5) is 5.88 Å². The van der Waals surface area contributed by atoms with Crippen LogP contribution in [0, 0.1) is 17.2 Å². The molecule has 1 aliphatic rings. The number of nitriles is 1. The van der Waals surface area contributed by atoms with Crippen LogP contribution >= 0.6 is 0 Å². The van der Waals surface area contributed by atoms with Crippen molar-refractivity contribution < 1.29 is 4.42 Å². The van der Waals surface area contributed by atoms with Crippen LogP contribution in [0.15, 0.2) is 4.42 Å². The summed E-state index contributed by atoms with van der Waals surface area (Å²) in [6.07, 6.45) is 3.31. The molecule has 4 nitrogen and oxygen atoms in total. The quantitative estimate of drug-likeness (QED) is 0.707. The predicted molar refractivity (Wildman–Crippen MR) is 42.1 cm³/mol. The number of aromatic nitrogens is 1. The zero-order valence-corrected chi connectivity index (χ0v) is 6.58. The monoisotopic (exact) mass is 163 g/mol. The molecule has 0 aromatic carbocycles. The Morgan fingerprint density at radius 1 is 1.67 bits per heavy atom. The molecule has 0 bridgehead atoms. The van der Waals surface area contributed by atoms with E-state index in [2.05, 4.69) is 4.98 Å². The molecule has 2 N–H and O–H groups in total. The average Bonchev–Trinajstić information content (AvgIpc) is 2.76. The minimum Gasteiger partial charge on any atom is -0.424 e. The first kappa shape index (κ1) is 7.17. The van der Waals surface area contributed by atoms with E-state index in [0.717, 1.165) is 6.42 Å². The molecule has 62 valence electrons. The molecule has 0 aliphatic heterocycles. The fourth-order valence-corrected chi connectivity index (χ4v) is 1.11. The summed E-state index contributed by atoms with van der Waals surface area (Å²) in [7, 11) is 0. The maximum absolute atomic E-state index is 8.53. The third-order valence-corrected chi connectivity index (χ3v) is 1.96. The third kappa shape index (κ3) is 1.26. The highest BCUT2D eigenvalue weighted by atomic mass is 16.4. The predicted octanol–water partition coefficient (Wildman–Crippen LogP) is 1.08. The van der Waals surface area contributed by atoms with E-state index in [4.69, 9.17) is 15.4 Å². The molecule has 0 saturated heterocycles. The standard InChI is InChI=1S/C8H9N3O/c9-4-6-8(10)12-7(11-6)3-5-1-2-5/h5H,1-3,10H2. The fraction of sp³-hybridized carbons (Fsp3) is 0.500. The number of nitrogens with zero attached hydrogens (tertiary/aromatic N) is 2. The number of hydrogen-bond acceptors (Lipinski definition) is 4. The van der Waals surface area contributed by atoms with E-state index in [1.54, 1.807) is 0 Å². The molecule has 0 radical (unpaired) electrons. The minimum atomic E-state index is 0.146. The van der Waals surface area contributed by atoms with Gasteiger partial charge in [0.15, 0.2) is 5.89 Å². The van der Waals surface area contributed by atoms with Gasteiger partial charge in [0.05, 0.1) is 0 Å². The Kier molecular flexibility index (Phi) is 1.51. The number of oxazole rings is 1. The van der Waals surface area contributed by atoms with E-state index in [1.165, 1.54) is 12.8 Å². The first-order valence-corrected chi connectivity index (χ1v) is 3.95. The maximum atomic E-state index is 8.53. The van der Waals surface area contributed by atoms with Gasteiger partial charge in [0.25, 0.3) is 0 Å². The van der Waals surface area contributed by atoms with E-state index in [0.29, 0.717) is 11.8 Å². The van der Waals surface area contributed by atoms with Crippen molar-refractivity contribution in [2.24, 2.45) is 5.92 Å². The van der Waals surface area contributed by atoms with Gasteiger partial charge in [-0.15, -0.1) is 0 Å². The van der Waals surface area contributed by atoms with E-state index < -0.39 is 0 Å². The molecule has 12 heavy (non-hydrogen) atoms. The highest BCUT2D eigenvalue weighted by Crippen LogP contribution is 2.32. The molecule has 1 aliphatic carbocycles. The van der Waals surface area contributed by atoms with Crippen molar-refractivity contribution in [1.29, 1.82) is 5.26 Å². The zero-order chi connectivity index (χ0) is 8.55. The largest absolute Gasteiger partial charge is 0.424 e. The van der Waals surface area contributed by atoms with Gasteiger partial charge >= 0.3 is 0 Å². The molecule has 1 aromatic heterocycles. The van der Waals surface area contributed by atoms with E-state index >= 15 is 0 Å². The minimum absolute atomic E-state index is 0.146. The number of hydrogen-bond donors (Lipinski definition) is 1. The Morgan fingerprint density at radius 3 is 2.92 bits per heavy atom. The van der Waals surface area contributed by atoms with Crippen LogP contribution in [0.5, 0.6) is 0 Å². The molecule has 2 rings (SSSR count). The second kappa shape index (κ2) is 2.52. The molecule has 1 heterocycles. The van der Waals surface area contributed by atoms with Crippen LogP contribution in [-0.2, 0) is 6.42 Å². The summed E-state index contributed by atoms with van der Waals surface area (Å²) >= 11 is 0. The summed E-state index contributed by atoms with van der Waals surface area (Å²) in [6.45, 7) is 0. The smallest absolute Gasteiger partial charge is 0.229 e. The van der Waals surface area contributed by atoms with Crippen LogP contribution in [0.2, 0.25) is 0 Å². The summed E-state index contributed by atoms with van der Waals surface area (Å²) in [5.41, 5.74) is 5.61. The zero-order valence-electron chi connectivity index (χ0n) is 6.58. The van der Waals surface area contributed by atoms with Crippen LogP contribution in [0.25, 0.3) is 0 Å². The second-order valence-electron chi connectivity index (χ2n) is 3.08. The topological polar surface area (TPSA) is 75.8 Å². The molecule has 1 saturated carbocycles. The van der Waals surface area contributed by atoms with Crippen molar-refractivity contribution >= 4 is 5.88 Å². The fourth-order valence-electron chi connectivity index (χ4n) is 1.11. The lowest BCUT2D eigenvalue weighted by molar-refractivity contribution is 0.497. The van der Waals surface area contributed by atoms with Crippen molar-refractivity contribution in [3.05, 3.63) is 11.6 Å². The molecule has 1 aromatic rings. The van der Waals surface area contributed by atoms with E-state index in [9.17, 15) is 0 Å². The van der Waals surface area contributed by atoms with Crippen molar-refractivity contribution in [1.82, 2.24) is 4.98 Å². The SMILES string of the molecule is N#Cc1nc(CC2CC2)oc1N. The Labute approximate surface area is 70.0 Å². The molecule has 0 atom stereocenters. The van der Waals surface area contributed by atoms with Gasteiger partial charge in [0.2, 0.25) is 11.6 Å². The highest BCUT2D eigenvalue weighted by Gasteiger charge is 2.24. The molecule has 0 spiro atoms. The maximum Gasteiger partial charge on any atom is 0.229 e. The van der Waals surface area contributed by atoms with Crippen molar-refractivity contribution in [3.63, 3.8) is 0 Å². The molecular weight excluding hydrogens is 154 g/mol. The number of anilines is 1. The molecule has 0 unspecified atom stereocenters. The van der Waals surface area contributed by atoms with Gasteiger partial charge in [0, 0.05) is 6.42 Å². The van der Waals surface area contributed by atoms with E-state index in [-0.39, 0.29) is 11.6 Å². The van der Waals surface area contributed by atoms with Gasteiger partial charge < -0.3 is 10.2 Å². The lowest BCUT2D eigenvalue weighted by atomic mass is 10.3. The van der Waals surface area contributed by atoms with Crippen LogP contribution in [-0.4, -0.2) is 4.98 Å². The average molecular weight is 163 g/mol. The van der Waals surface area contributed by atoms with Crippen molar-refractivity contribution in [2.45, 2.75) is 19.3 Å². The summed E-state index contributed by atoms with van der Waals surface area (Å²) in [5, 5.41) is 8.53. The Bertz CT molecular complexity index is 333. The Morgan fingerprint density at radius 2 is 2.42 bits per heavy atom. The molecule has 1 fully saturated rings. The molecule has 4 heteroatoms. The van der Waals surface area contributed by atoms with Gasteiger partial charge in [0.1, 0.15) is 6.07 Å². The first-order valence-electron chi connectivity index (χ1n) is 3.95. The van der Waals surface area contributed by atoms with Gasteiger partial charge in [-0.1, -0.05) is 0 Å². The number of rotatable bonds is 2. The summed E-state index contributed by atoms with van der Waals surface area (Å²) in [5.74, 6) is 1.45. The normalized spacial score (nSPS) is 15.9. The van der Waals surface area contributed by atoms with Gasteiger partial charge in [-0.05, 0) is 18.8 Å². The first-order chi connectivity index (χ1) is 5.79. The Balaban J connectivity index is 2.16. The highest BCUT2D eigenvalue weighted by molar-refractivity contribution is 5.40. The van der Waals surface area contributed by atoms with Crippen LogP contribution in [0.1, 0.15) is 24.4 Å². The summed E-state index contributed by atoms with van der Waals surface area (Å²) in [6, 6.07) is 1.88. The van der Waals surface area contributed by atoms with Crippen molar-refractivity contribution in [2.75, 3.05) is 5.73 Å². The lowest BCUT2D eigenvalue weighted by Crippen LogP contribution is -1.86. The van der Waals surface area contributed by atoms with Gasteiger partial charge in [-0.2, -0.15) is 5.26 Å². The summed E-state index contributed by atoms with van der Waals surface area (Å²) < 4.78 is 5.10. The third-order valence-electron chi connectivity index (χ3n) is 1.96. The molecule has 0 amide bonds.